The maximum Gasteiger partial charge on any atom is 0.207 e. The molecule has 1 aromatic heterocycles. The van der Waals surface area contributed by atoms with Crippen molar-refractivity contribution in [3.63, 3.8) is 0 Å². The Hall–Kier alpha value is -1.97. The van der Waals surface area contributed by atoms with Crippen LogP contribution in [0.25, 0.3) is 5.69 Å². The third-order valence-corrected chi connectivity index (χ3v) is 3.23. The molecule has 3 rings (SSSR count). The summed E-state index contributed by atoms with van der Waals surface area (Å²) in [5.74, 6) is 1.77. The van der Waals surface area contributed by atoms with Gasteiger partial charge in [-0.15, -0.1) is 0 Å². The number of aryl methyl sites for hydroxylation is 1. The highest BCUT2D eigenvalue weighted by atomic mass is 16.5. The Bertz CT molecular complexity index is 558. The molecule has 0 aliphatic heterocycles. The van der Waals surface area contributed by atoms with Gasteiger partial charge in [0.05, 0.1) is 12.8 Å². The molecule has 0 saturated heterocycles. The number of aromatic nitrogens is 2. The fraction of sp³-hybridized carbons (Fsp3) is 0.357. The fourth-order valence-corrected chi connectivity index (χ4v) is 1.99. The van der Waals surface area contributed by atoms with E-state index in [-0.39, 0.29) is 0 Å². The summed E-state index contributed by atoms with van der Waals surface area (Å²) in [6.45, 7) is 2.09. The number of imidazole rings is 1. The molecule has 0 radical (unpaired) electrons. The third kappa shape index (κ3) is 2.06. The van der Waals surface area contributed by atoms with Crippen molar-refractivity contribution in [2.45, 2.75) is 25.8 Å². The molecule has 1 aliphatic carbocycles. The summed E-state index contributed by atoms with van der Waals surface area (Å²) in [7, 11) is 1.69. The van der Waals surface area contributed by atoms with E-state index in [1.165, 1.54) is 18.4 Å². The van der Waals surface area contributed by atoms with Gasteiger partial charge in [0.1, 0.15) is 5.75 Å². The van der Waals surface area contributed by atoms with Crippen LogP contribution in [-0.4, -0.2) is 22.7 Å². The monoisotopic (exact) mass is 243 g/mol. The summed E-state index contributed by atoms with van der Waals surface area (Å²) in [5, 5.41) is 3.44. The number of rotatable bonds is 4. The summed E-state index contributed by atoms with van der Waals surface area (Å²) in [5.41, 5.74) is 2.31. The Balaban J connectivity index is 2.00. The fourth-order valence-electron chi connectivity index (χ4n) is 1.99. The lowest BCUT2D eigenvalue weighted by molar-refractivity contribution is 0.414. The molecule has 1 N–H and O–H groups in total. The molecule has 1 aromatic carbocycles. The zero-order chi connectivity index (χ0) is 12.5. The predicted octanol–water partition coefficient (Wildman–Crippen LogP) is 2.76. The Morgan fingerprint density at radius 2 is 2.22 bits per heavy atom. The summed E-state index contributed by atoms with van der Waals surface area (Å²) < 4.78 is 7.37. The number of nitrogens with one attached hydrogen (secondary N) is 1. The molecule has 18 heavy (non-hydrogen) atoms. The Kier molecular flexibility index (Phi) is 2.70. The van der Waals surface area contributed by atoms with Gasteiger partial charge in [0.2, 0.25) is 5.95 Å². The van der Waals surface area contributed by atoms with Gasteiger partial charge in [0.15, 0.2) is 0 Å². The average Bonchev–Trinajstić information content (AvgIpc) is 3.07. The highest BCUT2D eigenvalue weighted by Crippen LogP contribution is 2.27. The molecular formula is C14H17N3O. The van der Waals surface area contributed by atoms with Gasteiger partial charge >= 0.3 is 0 Å². The van der Waals surface area contributed by atoms with Crippen LogP contribution in [0.5, 0.6) is 5.75 Å². The van der Waals surface area contributed by atoms with Gasteiger partial charge in [-0.3, -0.25) is 4.57 Å². The average molecular weight is 243 g/mol. The van der Waals surface area contributed by atoms with E-state index in [0.29, 0.717) is 6.04 Å². The van der Waals surface area contributed by atoms with Gasteiger partial charge in [-0.25, -0.2) is 4.98 Å². The summed E-state index contributed by atoms with van der Waals surface area (Å²) >= 11 is 0. The van der Waals surface area contributed by atoms with Crippen molar-refractivity contribution >= 4 is 5.95 Å². The lowest BCUT2D eigenvalue weighted by Gasteiger charge is -2.13. The molecule has 0 spiro atoms. The lowest BCUT2D eigenvalue weighted by atomic mass is 10.2. The largest absolute Gasteiger partial charge is 0.497 e. The number of methoxy groups -OCH3 is 1. The first-order valence-electron chi connectivity index (χ1n) is 6.23. The van der Waals surface area contributed by atoms with E-state index in [0.717, 1.165) is 17.4 Å². The van der Waals surface area contributed by atoms with Gasteiger partial charge in [-0.2, -0.15) is 0 Å². The molecule has 0 bridgehead atoms. The first-order chi connectivity index (χ1) is 8.78. The van der Waals surface area contributed by atoms with E-state index in [1.54, 1.807) is 7.11 Å². The molecule has 4 nitrogen and oxygen atoms in total. The quantitative estimate of drug-likeness (QED) is 0.897. The minimum atomic E-state index is 0.595. The standard InChI is InChI=1S/C14H17N3O/c1-10-3-6-12(18-2)9-13(10)17-8-7-15-14(17)16-11-4-5-11/h3,6-9,11H,4-5H2,1-2H3,(H,15,16). The predicted molar refractivity (Wildman–Crippen MR) is 71.5 cm³/mol. The van der Waals surface area contributed by atoms with Crippen molar-refractivity contribution < 1.29 is 4.74 Å². The zero-order valence-electron chi connectivity index (χ0n) is 10.7. The van der Waals surface area contributed by atoms with Gasteiger partial charge in [-0.05, 0) is 31.4 Å². The number of nitrogens with zero attached hydrogens (tertiary/aromatic N) is 2. The summed E-state index contributed by atoms with van der Waals surface area (Å²) in [4.78, 5) is 4.38. The normalized spacial score (nSPS) is 14.6. The van der Waals surface area contributed by atoms with Gasteiger partial charge in [0, 0.05) is 24.5 Å². The van der Waals surface area contributed by atoms with Crippen LogP contribution >= 0.6 is 0 Å². The molecule has 1 heterocycles. The molecule has 0 atom stereocenters. The lowest BCUT2D eigenvalue weighted by Crippen LogP contribution is -2.08. The molecule has 4 heteroatoms. The van der Waals surface area contributed by atoms with Crippen LogP contribution in [0.3, 0.4) is 0 Å². The molecule has 0 unspecified atom stereocenters. The highest BCUT2D eigenvalue weighted by molar-refractivity contribution is 5.50. The second kappa shape index (κ2) is 4.37. The van der Waals surface area contributed by atoms with Gasteiger partial charge < -0.3 is 10.1 Å². The minimum Gasteiger partial charge on any atom is -0.497 e. The number of benzene rings is 1. The molecule has 1 fully saturated rings. The van der Waals surface area contributed by atoms with E-state index >= 15 is 0 Å². The van der Waals surface area contributed by atoms with E-state index in [9.17, 15) is 0 Å². The van der Waals surface area contributed by atoms with E-state index in [4.69, 9.17) is 4.74 Å². The summed E-state index contributed by atoms with van der Waals surface area (Å²) in [6.07, 6.45) is 6.28. The van der Waals surface area contributed by atoms with Crippen LogP contribution < -0.4 is 10.1 Å². The van der Waals surface area contributed by atoms with Crippen molar-refractivity contribution in [3.8, 4) is 11.4 Å². The van der Waals surface area contributed by atoms with E-state index in [2.05, 4.69) is 27.9 Å². The van der Waals surface area contributed by atoms with Crippen LogP contribution in [-0.2, 0) is 0 Å². The first kappa shape index (κ1) is 11.1. The Labute approximate surface area is 107 Å². The van der Waals surface area contributed by atoms with Crippen LogP contribution in [0.4, 0.5) is 5.95 Å². The van der Waals surface area contributed by atoms with Crippen molar-refractivity contribution in [3.05, 3.63) is 36.2 Å². The second-order valence-corrected chi connectivity index (χ2v) is 4.69. The smallest absolute Gasteiger partial charge is 0.207 e. The van der Waals surface area contributed by atoms with E-state index in [1.807, 2.05) is 24.5 Å². The molecule has 94 valence electrons. The number of hydrogen-bond donors (Lipinski definition) is 1. The van der Waals surface area contributed by atoms with Gasteiger partial charge in [-0.1, -0.05) is 6.07 Å². The number of ether oxygens (including phenoxy) is 1. The van der Waals surface area contributed by atoms with Crippen LogP contribution in [0.2, 0.25) is 0 Å². The number of hydrogen-bond acceptors (Lipinski definition) is 3. The summed E-state index contributed by atoms with van der Waals surface area (Å²) in [6, 6.07) is 6.67. The minimum absolute atomic E-state index is 0.595. The Morgan fingerprint density at radius 3 is 2.94 bits per heavy atom. The Morgan fingerprint density at radius 1 is 1.39 bits per heavy atom. The number of anilines is 1. The van der Waals surface area contributed by atoms with Crippen LogP contribution in [0.1, 0.15) is 18.4 Å². The van der Waals surface area contributed by atoms with Crippen molar-refractivity contribution in [2.75, 3.05) is 12.4 Å². The topological polar surface area (TPSA) is 39.1 Å². The maximum atomic E-state index is 5.29. The second-order valence-electron chi connectivity index (χ2n) is 4.69. The maximum absolute atomic E-state index is 5.29. The van der Waals surface area contributed by atoms with Crippen molar-refractivity contribution in [1.82, 2.24) is 9.55 Å². The van der Waals surface area contributed by atoms with Crippen molar-refractivity contribution in [2.24, 2.45) is 0 Å². The third-order valence-electron chi connectivity index (χ3n) is 3.23. The SMILES string of the molecule is COc1ccc(C)c(-n2ccnc2NC2CC2)c1. The molecule has 1 saturated carbocycles. The van der Waals surface area contributed by atoms with Gasteiger partial charge in [0.25, 0.3) is 0 Å². The first-order valence-corrected chi connectivity index (χ1v) is 6.23. The molecular weight excluding hydrogens is 226 g/mol. The van der Waals surface area contributed by atoms with Crippen molar-refractivity contribution in [1.29, 1.82) is 0 Å². The zero-order valence-corrected chi connectivity index (χ0v) is 10.7. The molecule has 0 amide bonds. The van der Waals surface area contributed by atoms with Crippen LogP contribution in [0, 0.1) is 6.92 Å². The van der Waals surface area contributed by atoms with Crippen LogP contribution in [0.15, 0.2) is 30.6 Å². The molecule has 1 aliphatic rings. The van der Waals surface area contributed by atoms with E-state index < -0.39 is 0 Å². The molecule has 2 aromatic rings. The highest BCUT2D eigenvalue weighted by Gasteiger charge is 2.23.